The fourth-order valence-corrected chi connectivity index (χ4v) is 2.69. The SMILES string of the molecule is Cc1ccc(C)c(C(Br)c2cc(F)cc(F)c2)c1. The monoisotopic (exact) mass is 310 g/mol. The molecule has 0 aliphatic rings. The van der Waals surface area contributed by atoms with Crippen LogP contribution < -0.4 is 0 Å². The topological polar surface area (TPSA) is 0 Å². The molecule has 0 saturated carbocycles. The summed E-state index contributed by atoms with van der Waals surface area (Å²) in [5, 5.41) is 0. The van der Waals surface area contributed by atoms with Crippen molar-refractivity contribution in [2.75, 3.05) is 0 Å². The average molecular weight is 311 g/mol. The first kappa shape index (κ1) is 13.2. The van der Waals surface area contributed by atoms with Crippen LogP contribution in [0.15, 0.2) is 36.4 Å². The fourth-order valence-electron chi connectivity index (χ4n) is 1.93. The van der Waals surface area contributed by atoms with Gasteiger partial charge in [0.2, 0.25) is 0 Å². The van der Waals surface area contributed by atoms with Gasteiger partial charge in [-0.15, -0.1) is 0 Å². The Morgan fingerprint density at radius 3 is 2.17 bits per heavy atom. The van der Waals surface area contributed by atoms with Crippen LogP contribution in [0.3, 0.4) is 0 Å². The smallest absolute Gasteiger partial charge is 0.126 e. The van der Waals surface area contributed by atoms with Crippen molar-refractivity contribution < 1.29 is 8.78 Å². The van der Waals surface area contributed by atoms with Gasteiger partial charge in [0.15, 0.2) is 0 Å². The molecule has 0 aromatic heterocycles. The van der Waals surface area contributed by atoms with E-state index in [1.165, 1.54) is 12.1 Å². The number of alkyl halides is 1. The highest BCUT2D eigenvalue weighted by molar-refractivity contribution is 9.09. The molecule has 0 N–H and O–H groups in total. The lowest BCUT2D eigenvalue weighted by Gasteiger charge is -2.14. The molecule has 0 amide bonds. The van der Waals surface area contributed by atoms with E-state index in [-0.39, 0.29) is 4.83 Å². The van der Waals surface area contributed by atoms with Crippen molar-refractivity contribution in [1.82, 2.24) is 0 Å². The van der Waals surface area contributed by atoms with Crippen molar-refractivity contribution in [3.63, 3.8) is 0 Å². The van der Waals surface area contributed by atoms with Crippen molar-refractivity contribution in [3.8, 4) is 0 Å². The molecule has 0 nitrogen and oxygen atoms in total. The van der Waals surface area contributed by atoms with E-state index >= 15 is 0 Å². The van der Waals surface area contributed by atoms with Gasteiger partial charge < -0.3 is 0 Å². The molecule has 1 atom stereocenters. The van der Waals surface area contributed by atoms with Gasteiger partial charge in [-0.25, -0.2) is 8.78 Å². The van der Waals surface area contributed by atoms with Gasteiger partial charge in [0.05, 0.1) is 4.83 Å². The Labute approximate surface area is 114 Å². The molecule has 0 aliphatic carbocycles. The summed E-state index contributed by atoms with van der Waals surface area (Å²) in [5.41, 5.74) is 3.82. The Bertz CT molecular complexity index is 558. The van der Waals surface area contributed by atoms with Crippen LogP contribution in [0, 0.1) is 25.5 Å². The lowest BCUT2D eigenvalue weighted by molar-refractivity contribution is 0.580. The van der Waals surface area contributed by atoms with Crippen LogP contribution in [0.25, 0.3) is 0 Å². The molecule has 0 spiro atoms. The molecule has 0 aliphatic heterocycles. The highest BCUT2D eigenvalue weighted by atomic mass is 79.9. The molecule has 0 saturated heterocycles. The van der Waals surface area contributed by atoms with Gasteiger partial charge in [-0.1, -0.05) is 39.7 Å². The first-order chi connectivity index (χ1) is 8.47. The van der Waals surface area contributed by atoms with Crippen LogP contribution in [0.2, 0.25) is 0 Å². The molecular weight excluding hydrogens is 298 g/mol. The fraction of sp³-hybridized carbons (Fsp3) is 0.200. The first-order valence-corrected chi connectivity index (χ1v) is 6.56. The number of hydrogen-bond donors (Lipinski definition) is 0. The van der Waals surface area contributed by atoms with Crippen molar-refractivity contribution in [2.45, 2.75) is 18.7 Å². The summed E-state index contributed by atoms with van der Waals surface area (Å²) < 4.78 is 26.4. The quantitative estimate of drug-likeness (QED) is 0.680. The number of halogens is 3. The van der Waals surface area contributed by atoms with Crippen LogP contribution in [0.5, 0.6) is 0 Å². The standard InChI is InChI=1S/C15H13BrF2/c1-9-3-4-10(2)14(5-9)15(16)11-6-12(17)8-13(18)7-11/h3-8,15H,1-2H3. The Morgan fingerprint density at radius 1 is 0.944 bits per heavy atom. The second-order valence-corrected chi connectivity index (χ2v) is 5.34. The van der Waals surface area contributed by atoms with E-state index in [0.717, 1.165) is 22.8 Å². The Morgan fingerprint density at radius 2 is 1.56 bits per heavy atom. The Hall–Kier alpha value is -1.22. The molecule has 18 heavy (non-hydrogen) atoms. The molecule has 0 heterocycles. The molecule has 0 fully saturated rings. The van der Waals surface area contributed by atoms with Crippen molar-refractivity contribution in [1.29, 1.82) is 0 Å². The average Bonchev–Trinajstić information content (AvgIpc) is 2.30. The third kappa shape index (κ3) is 2.78. The maximum absolute atomic E-state index is 13.2. The predicted octanol–water partition coefficient (Wildman–Crippen LogP) is 5.07. The van der Waals surface area contributed by atoms with Crippen molar-refractivity contribution >= 4 is 15.9 Å². The van der Waals surface area contributed by atoms with Gasteiger partial charge in [-0.05, 0) is 42.7 Å². The number of rotatable bonds is 2. The molecule has 1 unspecified atom stereocenters. The first-order valence-electron chi connectivity index (χ1n) is 5.64. The number of aryl methyl sites for hydroxylation is 2. The van der Waals surface area contributed by atoms with E-state index in [4.69, 9.17) is 0 Å². The van der Waals surface area contributed by atoms with E-state index in [0.29, 0.717) is 5.56 Å². The van der Waals surface area contributed by atoms with Gasteiger partial charge in [0.25, 0.3) is 0 Å². The largest absolute Gasteiger partial charge is 0.207 e. The summed E-state index contributed by atoms with van der Waals surface area (Å²) in [6.07, 6.45) is 0. The minimum absolute atomic E-state index is 0.206. The maximum Gasteiger partial charge on any atom is 0.126 e. The lowest BCUT2D eigenvalue weighted by atomic mass is 9.98. The van der Waals surface area contributed by atoms with Crippen LogP contribution >= 0.6 is 15.9 Å². The summed E-state index contributed by atoms with van der Waals surface area (Å²) >= 11 is 3.51. The Kier molecular flexibility index (Phi) is 3.81. The summed E-state index contributed by atoms with van der Waals surface area (Å²) in [5.74, 6) is -1.11. The molecule has 2 rings (SSSR count). The molecule has 0 bridgehead atoms. The summed E-state index contributed by atoms with van der Waals surface area (Å²) in [6, 6.07) is 9.64. The number of benzene rings is 2. The van der Waals surface area contributed by atoms with Gasteiger partial charge >= 0.3 is 0 Å². The second-order valence-electron chi connectivity index (χ2n) is 4.43. The maximum atomic E-state index is 13.2. The molecular formula is C15H13BrF2. The predicted molar refractivity (Wildman–Crippen MR) is 73.0 cm³/mol. The van der Waals surface area contributed by atoms with Crippen molar-refractivity contribution in [2.24, 2.45) is 0 Å². The minimum Gasteiger partial charge on any atom is -0.207 e. The molecule has 2 aromatic carbocycles. The molecule has 0 radical (unpaired) electrons. The normalized spacial score (nSPS) is 12.5. The summed E-state index contributed by atoms with van der Waals surface area (Å²) in [6.45, 7) is 3.98. The van der Waals surface area contributed by atoms with Crippen LogP contribution in [0.4, 0.5) is 8.78 Å². The summed E-state index contributed by atoms with van der Waals surface area (Å²) in [4.78, 5) is -0.206. The third-order valence-electron chi connectivity index (χ3n) is 2.89. The van der Waals surface area contributed by atoms with Crippen LogP contribution in [-0.4, -0.2) is 0 Å². The Balaban J connectivity index is 2.47. The van der Waals surface area contributed by atoms with E-state index in [1.54, 1.807) is 0 Å². The number of hydrogen-bond acceptors (Lipinski definition) is 0. The minimum atomic E-state index is -0.556. The highest BCUT2D eigenvalue weighted by Gasteiger charge is 2.14. The van der Waals surface area contributed by atoms with Gasteiger partial charge in [-0.3, -0.25) is 0 Å². The van der Waals surface area contributed by atoms with E-state index in [1.807, 2.05) is 32.0 Å². The molecule has 94 valence electrons. The second kappa shape index (κ2) is 5.19. The van der Waals surface area contributed by atoms with Crippen LogP contribution in [-0.2, 0) is 0 Å². The third-order valence-corrected chi connectivity index (χ3v) is 3.91. The van der Waals surface area contributed by atoms with E-state index in [9.17, 15) is 8.78 Å². The van der Waals surface area contributed by atoms with Gasteiger partial charge in [0.1, 0.15) is 11.6 Å². The zero-order valence-electron chi connectivity index (χ0n) is 10.2. The van der Waals surface area contributed by atoms with Crippen LogP contribution in [0.1, 0.15) is 27.1 Å². The summed E-state index contributed by atoms with van der Waals surface area (Å²) in [7, 11) is 0. The lowest BCUT2D eigenvalue weighted by Crippen LogP contribution is -1.98. The highest BCUT2D eigenvalue weighted by Crippen LogP contribution is 2.33. The van der Waals surface area contributed by atoms with Gasteiger partial charge in [-0.2, -0.15) is 0 Å². The molecule has 3 heteroatoms. The van der Waals surface area contributed by atoms with Gasteiger partial charge in [0, 0.05) is 6.07 Å². The van der Waals surface area contributed by atoms with E-state index in [2.05, 4.69) is 15.9 Å². The van der Waals surface area contributed by atoms with Crippen molar-refractivity contribution in [3.05, 3.63) is 70.3 Å². The molecule has 2 aromatic rings. The zero-order valence-corrected chi connectivity index (χ0v) is 11.8. The van der Waals surface area contributed by atoms with E-state index < -0.39 is 11.6 Å². The zero-order chi connectivity index (χ0) is 13.3.